The second-order valence-electron chi connectivity index (χ2n) is 4.50. The van der Waals surface area contributed by atoms with E-state index in [0.29, 0.717) is 0 Å². The standard InChI is InChI=1S/C13H18O/c1-9-6-7-10(2)12(8-9)13(4,5)11(3)14/h6-8H,1-5H3. The minimum atomic E-state index is -0.365. The van der Waals surface area contributed by atoms with Gasteiger partial charge in [-0.2, -0.15) is 0 Å². The topological polar surface area (TPSA) is 17.1 Å². The molecule has 0 aliphatic carbocycles. The highest BCUT2D eigenvalue weighted by atomic mass is 16.1. The number of hydrogen-bond donors (Lipinski definition) is 0. The van der Waals surface area contributed by atoms with Crippen molar-refractivity contribution in [3.8, 4) is 0 Å². The zero-order valence-electron chi connectivity index (χ0n) is 9.64. The van der Waals surface area contributed by atoms with Gasteiger partial charge in [0.15, 0.2) is 0 Å². The van der Waals surface area contributed by atoms with Gasteiger partial charge in [-0.15, -0.1) is 0 Å². The molecule has 1 heteroatoms. The van der Waals surface area contributed by atoms with E-state index >= 15 is 0 Å². The molecule has 0 saturated heterocycles. The fraction of sp³-hybridized carbons (Fsp3) is 0.462. The molecular weight excluding hydrogens is 172 g/mol. The Kier molecular flexibility index (Phi) is 2.79. The molecule has 0 aliphatic heterocycles. The van der Waals surface area contributed by atoms with Gasteiger partial charge in [-0.3, -0.25) is 4.79 Å². The van der Waals surface area contributed by atoms with Crippen molar-refractivity contribution in [1.82, 2.24) is 0 Å². The van der Waals surface area contributed by atoms with Crippen LogP contribution in [0.4, 0.5) is 0 Å². The van der Waals surface area contributed by atoms with Gasteiger partial charge in [0, 0.05) is 5.41 Å². The van der Waals surface area contributed by atoms with E-state index in [1.54, 1.807) is 6.92 Å². The van der Waals surface area contributed by atoms with Crippen LogP contribution in [0.5, 0.6) is 0 Å². The van der Waals surface area contributed by atoms with Gasteiger partial charge in [0.05, 0.1) is 0 Å². The van der Waals surface area contributed by atoms with E-state index in [1.807, 2.05) is 13.8 Å². The van der Waals surface area contributed by atoms with Gasteiger partial charge in [0.1, 0.15) is 5.78 Å². The molecule has 1 rings (SSSR count). The van der Waals surface area contributed by atoms with E-state index in [4.69, 9.17) is 0 Å². The van der Waals surface area contributed by atoms with Crippen LogP contribution in [0.3, 0.4) is 0 Å². The number of hydrogen-bond acceptors (Lipinski definition) is 1. The van der Waals surface area contributed by atoms with Crippen LogP contribution in [0, 0.1) is 13.8 Å². The summed E-state index contributed by atoms with van der Waals surface area (Å²) in [4.78, 5) is 11.5. The predicted octanol–water partition coefficient (Wildman–Crippen LogP) is 3.17. The van der Waals surface area contributed by atoms with Crippen molar-refractivity contribution < 1.29 is 4.79 Å². The molecule has 14 heavy (non-hydrogen) atoms. The van der Waals surface area contributed by atoms with Crippen molar-refractivity contribution in [2.24, 2.45) is 0 Å². The zero-order valence-corrected chi connectivity index (χ0v) is 9.64. The molecule has 0 aromatic heterocycles. The van der Waals surface area contributed by atoms with E-state index < -0.39 is 0 Å². The third-order valence-corrected chi connectivity index (χ3v) is 2.95. The Balaban J connectivity index is 3.31. The molecule has 0 heterocycles. The Morgan fingerprint density at radius 2 is 1.79 bits per heavy atom. The second-order valence-corrected chi connectivity index (χ2v) is 4.50. The summed E-state index contributed by atoms with van der Waals surface area (Å²) in [6.45, 7) is 9.73. The molecule has 0 bridgehead atoms. The predicted molar refractivity (Wildman–Crippen MR) is 59.6 cm³/mol. The van der Waals surface area contributed by atoms with E-state index in [9.17, 15) is 4.79 Å². The first-order valence-corrected chi connectivity index (χ1v) is 4.94. The van der Waals surface area contributed by atoms with Gasteiger partial charge in [-0.25, -0.2) is 0 Å². The molecule has 0 fully saturated rings. The highest BCUT2D eigenvalue weighted by Gasteiger charge is 2.27. The van der Waals surface area contributed by atoms with Gasteiger partial charge in [-0.1, -0.05) is 23.8 Å². The Morgan fingerprint density at radius 3 is 2.29 bits per heavy atom. The summed E-state index contributed by atoms with van der Waals surface area (Å²) >= 11 is 0. The van der Waals surface area contributed by atoms with E-state index in [1.165, 1.54) is 11.1 Å². The highest BCUT2D eigenvalue weighted by molar-refractivity contribution is 5.87. The van der Waals surface area contributed by atoms with E-state index in [-0.39, 0.29) is 11.2 Å². The summed E-state index contributed by atoms with van der Waals surface area (Å²) in [6.07, 6.45) is 0. The molecule has 0 spiro atoms. The van der Waals surface area contributed by atoms with E-state index in [2.05, 4.69) is 32.0 Å². The monoisotopic (exact) mass is 190 g/mol. The molecule has 0 radical (unpaired) electrons. The van der Waals surface area contributed by atoms with Gasteiger partial charge in [-0.05, 0) is 45.7 Å². The largest absolute Gasteiger partial charge is 0.299 e. The molecule has 0 amide bonds. The van der Waals surface area contributed by atoms with Crippen molar-refractivity contribution in [1.29, 1.82) is 0 Å². The van der Waals surface area contributed by atoms with Crippen LogP contribution in [-0.4, -0.2) is 5.78 Å². The van der Waals surface area contributed by atoms with Crippen LogP contribution < -0.4 is 0 Å². The summed E-state index contributed by atoms with van der Waals surface area (Å²) in [7, 11) is 0. The lowest BCUT2D eigenvalue weighted by Crippen LogP contribution is -2.27. The third-order valence-electron chi connectivity index (χ3n) is 2.95. The van der Waals surface area contributed by atoms with Crippen molar-refractivity contribution in [3.05, 3.63) is 34.9 Å². The van der Waals surface area contributed by atoms with Crippen molar-refractivity contribution >= 4 is 5.78 Å². The quantitative estimate of drug-likeness (QED) is 0.700. The lowest BCUT2D eigenvalue weighted by molar-refractivity contribution is -0.121. The van der Waals surface area contributed by atoms with Crippen LogP contribution >= 0.6 is 0 Å². The summed E-state index contributed by atoms with van der Waals surface area (Å²) in [5.41, 5.74) is 3.18. The Hall–Kier alpha value is -1.11. The number of carbonyl (C=O) groups excluding carboxylic acids is 1. The maximum atomic E-state index is 11.5. The number of rotatable bonds is 2. The van der Waals surface area contributed by atoms with E-state index in [0.717, 1.165) is 5.56 Å². The Morgan fingerprint density at radius 1 is 1.21 bits per heavy atom. The van der Waals surface area contributed by atoms with Crippen LogP contribution in [0.2, 0.25) is 0 Å². The maximum absolute atomic E-state index is 11.5. The fourth-order valence-corrected chi connectivity index (χ4v) is 1.60. The molecule has 0 aliphatic rings. The van der Waals surface area contributed by atoms with Crippen LogP contribution in [0.15, 0.2) is 18.2 Å². The molecule has 1 nitrogen and oxygen atoms in total. The normalized spacial score (nSPS) is 11.5. The molecule has 1 aromatic carbocycles. The number of ketones is 1. The van der Waals surface area contributed by atoms with Crippen LogP contribution in [-0.2, 0) is 10.2 Å². The zero-order chi connectivity index (χ0) is 10.9. The molecule has 1 aromatic rings. The van der Waals surface area contributed by atoms with Gasteiger partial charge < -0.3 is 0 Å². The number of benzene rings is 1. The summed E-state index contributed by atoms with van der Waals surface area (Å²) in [5.74, 6) is 0.214. The first-order valence-electron chi connectivity index (χ1n) is 4.94. The number of carbonyl (C=O) groups is 1. The third kappa shape index (κ3) is 1.87. The maximum Gasteiger partial charge on any atom is 0.139 e. The minimum absolute atomic E-state index is 0.214. The molecule has 0 atom stereocenters. The SMILES string of the molecule is CC(=O)C(C)(C)c1cc(C)ccc1C. The highest BCUT2D eigenvalue weighted by Crippen LogP contribution is 2.27. The molecule has 0 saturated carbocycles. The van der Waals surface area contributed by atoms with Crippen molar-refractivity contribution in [2.75, 3.05) is 0 Å². The average molecular weight is 190 g/mol. The van der Waals surface area contributed by atoms with Crippen LogP contribution in [0.1, 0.15) is 37.5 Å². The molecule has 0 unspecified atom stereocenters. The summed E-state index contributed by atoms with van der Waals surface area (Å²) in [6, 6.07) is 6.27. The first-order chi connectivity index (χ1) is 6.35. The Labute approximate surface area is 86.1 Å². The van der Waals surface area contributed by atoms with Gasteiger partial charge in [0.25, 0.3) is 0 Å². The smallest absolute Gasteiger partial charge is 0.139 e. The number of Topliss-reactive ketones (excluding diaryl/α,β-unsaturated/α-hetero) is 1. The summed E-state index contributed by atoms with van der Waals surface area (Å²) < 4.78 is 0. The van der Waals surface area contributed by atoms with Gasteiger partial charge in [0.2, 0.25) is 0 Å². The molecular formula is C13H18O. The van der Waals surface area contributed by atoms with Crippen LogP contribution in [0.25, 0.3) is 0 Å². The van der Waals surface area contributed by atoms with Crippen molar-refractivity contribution in [3.63, 3.8) is 0 Å². The van der Waals surface area contributed by atoms with Crippen molar-refractivity contribution in [2.45, 2.75) is 40.0 Å². The minimum Gasteiger partial charge on any atom is -0.299 e. The van der Waals surface area contributed by atoms with Gasteiger partial charge >= 0.3 is 0 Å². The lowest BCUT2D eigenvalue weighted by Gasteiger charge is -2.24. The molecule has 0 N–H and O–H groups in total. The summed E-state index contributed by atoms with van der Waals surface area (Å²) in [5, 5.41) is 0. The molecule has 76 valence electrons. The fourth-order valence-electron chi connectivity index (χ4n) is 1.60. The number of aryl methyl sites for hydroxylation is 2. The first kappa shape index (κ1) is 11.0. The Bertz CT molecular complexity index is 361. The lowest BCUT2D eigenvalue weighted by atomic mass is 9.78. The second kappa shape index (κ2) is 3.56. The average Bonchev–Trinajstić information content (AvgIpc) is 2.08.